The fourth-order valence-corrected chi connectivity index (χ4v) is 3.19. The van der Waals surface area contributed by atoms with Gasteiger partial charge in [0.2, 0.25) is 0 Å². The van der Waals surface area contributed by atoms with Crippen LogP contribution in [0.4, 0.5) is 0 Å². The molecule has 0 unspecified atom stereocenters. The molecule has 0 fully saturated rings. The summed E-state index contributed by atoms with van der Waals surface area (Å²) in [5, 5.41) is 6.79. The standard InChI is InChI=1S/C14H15N3O4S/c1-22(19,20)17-12-8-15-13(11(12)7-16-17)14(18)21-9-10-5-3-2-4-6-10/h2-7,13,15H,8-9H2,1H3/t13-/m1/s1. The summed E-state index contributed by atoms with van der Waals surface area (Å²) >= 11 is 0. The Morgan fingerprint density at radius 1 is 1.41 bits per heavy atom. The van der Waals surface area contributed by atoms with Crippen LogP contribution in [0.25, 0.3) is 0 Å². The first-order chi connectivity index (χ1) is 10.5. The topological polar surface area (TPSA) is 90.3 Å². The average Bonchev–Trinajstić information content (AvgIpc) is 3.06. The van der Waals surface area contributed by atoms with Crippen LogP contribution >= 0.6 is 0 Å². The monoisotopic (exact) mass is 321 g/mol. The number of carbonyl (C=O) groups excluding carboxylic acids is 1. The SMILES string of the molecule is CS(=O)(=O)n1ncc2c1CN[C@H]2C(=O)OCc1ccccc1. The summed E-state index contributed by atoms with van der Waals surface area (Å²) in [5.41, 5.74) is 1.91. The van der Waals surface area contributed by atoms with Gasteiger partial charge in [0.1, 0.15) is 12.6 Å². The van der Waals surface area contributed by atoms with Crippen LogP contribution < -0.4 is 5.32 Å². The number of carbonyl (C=O) groups is 1. The second-order valence-electron chi connectivity index (χ2n) is 5.06. The average molecular weight is 321 g/mol. The lowest BCUT2D eigenvalue weighted by atomic mass is 10.1. The van der Waals surface area contributed by atoms with Crippen molar-refractivity contribution in [2.24, 2.45) is 0 Å². The maximum Gasteiger partial charge on any atom is 0.328 e. The highest BCUT2D eigenvalue weighted by atomic mass is 32.2. The van der Waals surface area contributed by atoms with Crippen molar-refractivity contribution in [1.29, 1.82) is 0 Å². The van der Waals surface area contributed by atoms with E-state index in [0.717, 1.165) is 15.9 Å². The molecule has 0 bridgehead atoms. The number of aromatic nitrogens is 2. The molecule has 1 N–H and O–H groups in total. The quantitative estimate of drug-likeness (QED) is 0.829. The van der Waals surface area contributed by atoms with E-state index in [1.165, 1.54) is 6.20 Å². The van der Waals surface area contributed by atoms with Crippen LogP contribution in [0.3, 0.4) is 0 Å². The molecule has 1 aliphatic heterocycles. The molecule has 3 rings (SSSR count). The van der Waals surface area contributed by atoms with Crippen molar-refractivity contribution in [3.05, 3.63) is 53.3 Å². The Morgan fingerprint density at radius 3 is 2.82 bits per heavy atom. The van der Waals surface area contributed by atoms with Crippen LogP contribution in [0, 0.1) is 0 Å². The summed E-state index contributed by atoms with van der Waals surface area (Å²) in [7, 11) is -3.48. The minimum atomic E-state index is -3.48. The maximum absolute atomic E-state index is 12.2. The number of nitrogens with zero attached hydrogens (tertiary/aromatic N) is 2. The smallest absolute Gasteiger partial charge is 0.328 e. The van der Waals surface area contributed by atoms with Crippen LogP contribution in [0.15, 0.2) is 36.5 Å². The fraction of sp³-hybridized carbons (Fsp3) is 0.286. The number of benzene rings is 1. The van der Waals surface area contributed by atoms with Gasteiger partial charge in [0.05, 0.1) is 18.1 Å². The molecule has 0 saturated carbocycles. The molecule has 1 aliphatic rings. The van der Waals surface area contributed by atoms with Gasteiger partial charge in [0, 0.05) is 12.1 Å². The van der Waals surface area contributed by atoms with Gasteiger partial charge in [-0.25, -0.2) is 13.2 Å². The Bertz CT molecular complexity index is 799. The van der Waals surface area contributed by atoms with Gasteiger partial charge in [-0.15, -0.1) is 0 Å². The van der Waals surface area contributed by atoms with Crippen molar-refractivity contribution >= 4 is 16.0 Å². The molecule has 0 amide bonds. The van der Waals surface area contributed by atoms with Gasteiger partial charge in [-0.3, -0.25) is 5.32 Å². The fourth-order valence-electron chi connectivity index (χ4n) is 2.40. The lowest BCUT2D eigenvalue weighted by Crippen LogP contribution is -2.24. The first-order valence-corrected chi connectivity index (χ1v) is 8.53. The third-order valence-corrected chi connectivity index (χ3v) is 4.37. The van der Waals surface area contributed by atoms with Gasteiger partial charge in [0.25, 0.3) is 10.0 Å². The molecule has 2 heterocycles. The Balaban J connectivity index is 1.73. The predicted octanol–water partition coefficient (Wildman–Crippen LogP) is 0.578. The summed E-state index contributed by atoms with van der Waals surface area (Å²) in [5.74, 6) is -0.448. The van der Waals surface area contributed by atoms with E-state index >= 15 is 0 Å². The first kappa shape index (κ1) is 14.7. The first-order valence-electron chi connectivity index (χ1n) is 6.68. The van der Waals surface area contributed by atoms with Crippen LogP contribution in [0.5, 0.6) is 0 Å². The van der Waals surface area contributed by atoms with Crippen molar-refractivity contribution < 1.29 is 17.9 Å². The molecule has 1 aromatic carbocycles. The lowest BCUT2D eigenvalue weighted by Gasteiger charge is -2.10. The number of esters is 1. The van der Waals surface area contributed by atoms with Gasteiger partial charge in [-0.1, -0.05) is 30.3 Å². The molecule has 1 atom stereocenters. The number of fused-ring (bicyclic) bond motifs is 1. The van der Waals surface area contributed by atoms with E-state index in [4.69, 9.17) is 4.74 Å². The third-order valence-electron chi connectivity index (χ3n) is 3.42. The second kappa shape index (κ2) is 5.54. The number of hydrogen-bond acceptors (Lipinski definition) is 6. The summed E-state index contributed by atoms with van der Waals surface area (Å²) in [6.45, 7) is 0.431. The third kappa shape index (κ3) is 2.75. The normalized spacial score (nSPS) is 17.2. The highest BCUT2D eigenvalue weighted by molar-refractivity contribution is 7.89. The summed E-state index contributed by atoms with van der Waals surface area (Å²) < 4.78 is 29.4. The zero-order chi connectivity index (χ0) is 15.7. The van der Waals surface area contributed by atoms with Crippen LogP contribution in [0.1, 0.15) is 22.9 Å². The highest BCUT2D eigenvalue weighted by Gasteiger charge is 2.34. The Hall–Kier alpha value is -2.19. The second-order valence-corrected chi connectivity index (χ2v) is 6.87. The van der Waals surface area contributed by atoms with E-state index in [2.05, 4.69) is 10.4 Å². The number of ether oxygens (including phenoxy) is 1. The molecular weight excluding hydrogens is 306 g/mol. The number of nitrogens with one attached hydrogen (secondary N) is 1. The van der Waals surface area contributed by atoms with Crippen molar-refractivity contribution in [2.75, 3.05) is 6.26 Å². The van der Waals surface area contributed by atoms with E-state index < -0.39 is 22.0 Å². The lowest BCUT2D eigenvalue weighted by molar-refractivity contribution is -0.147. The molecule has 8 heteroatoms. The minimum Gasteiger partial charge on any atom is -0.459 e. The molecule has 7 nitrogen and oxygen atoms in total. The van der Waals surface area contributed by atoms with E-state index in [9.17, 15) is 13.2 Å². The highest BCUT2D eigenvalue weighted by Crippen LogP contribution is 2.27. The summed E-state index contributed by atoms with van der Waals surface area (Å²) in [6.07, 6.45) is 2.46. The van der Waals surface area contributed by atoms with Crippen LogP contribution in [-0.4, -0.2) is 29.8 Å². The van der Waals surface area contributed by atoms with E-state index in [-0.39, 0.29) is 13.2 Å². The molecule has 0 radical (unpaired) electrons. The molecule has 0 spiro atoms. The molecule has 2 aromatic rings. The van der Waals surface area contributed by atoms with Gasteiger partial charge < -0.3 is 4.74 Å². The molecular formula is C14H15N3O4S. The molecule has 0 saturated heterocycles. The van der Waals surface area contributed by atoms with E-state index in [1.807, 2.05) is 30.3 Å². The Kier molecular flexibility index (Phi) is 3.71. The van der Waals surface area contributed by atoms with Gasteiger partial charge in [-0.2, -0.15) is 9.19 Å². The molecule has 22 heavy (non-hydrogen) atoms. The zero-order valence-corrected chi connectivity index (χ0v) is 12.7. The van der Waals surface area contributed by atoms with E-state index in [1.54, 1.807) is 0 Å². The van der Waals surface area contributed by atoms with Crippen molar-refractivity contribution in [3.63, 3.8) is 0 Å². The Morgan fingerprint density at radius 2 is 2.14 bits per heavy atom. The van der Waals surface area contributed by atoms with Crippen LogP contribution in [-0.2, 0) is 32.7 Å². The zero-order valence-electron chi connectivity index (χ0n) is 11.9. The van der Waals surface area contributed by atoms with Crippen molar-refractivity contribution in [1.82, 2.24) is 14.5 Å². The van der Waals surface area contributed by atoms with Gasteiger partial charge >= 0.3 is 5.97 Å². The molecule has 1 aromatic heterocycles. The van der Waals surface area contributed by atoms with Crippen molar-refractivity contribution in [2.45, 2.75) is 19.2 Å². The Labute approximate surface area is 128 Å². The van der Waals surface area contributed by atoms with Gasteiger partial charge in [-0.05, 0) is 5.56 Å². The number of hydrogen-bond donors (Lipinski definition) is 1. The predicted molar refractivity (Wildman–Crippen MR) is 78.3 cm³/mol. The number of rotatable bonds is 4. The van der Waals surface area contributed by atoms with Crippen LogP contribution in [0.2, 0.25) is 0 Å². The molecule has 0 aliphatic carbocycles. The largest absolute Gasteiger partial charge is 0.459 e. The minimum absolute atomic E-state index is 0.174. The maximum atomic E-state index is 12.2. The summed E-state index contributed by atoms with van der Waals surface area (Å²) in [4.78, 5) is 12.2. The van der Waals surface area contributed by atoms with E-state index in [0.29, 0.717) is 11.3 Å². The summed E-state index contributed by atoms with van der Waals surface area (Å²) in [6, 6.07) is 8.66. The molecule has 116 valence electrons. The van der Waals surface area contributed by atoms with Gasteiger partial charge in [0.15, 0.2) is 0 Å². The van der Waals surface area contributed by atoms with Crippen molar-refractivity contribution in [3.8, 4) is 0 Å².